The lowest BCUT2D eigenvalue weighted by molar-refractivity contribution is -0.136. The monoisotopic (exact) mass is 629 g/mol. The number of carbonyl (C=O) groups is 1. The normalized spacial score (nSPS) is 19.4. The molecule has 1 aromatic heterocycles. The van der Waals surface area contributed by atoms with Crippen molar-refractivity contribution in [3.8, 4) is 11.5 Å². The van der Waals surface area contributed by atoms with Crippen molar-refractivity contribution in [3.63, 3.8) is 0 Å². The van der Waals surface area contributed by atoms with Crippen molar-refractivity contribution in [1.82, 2.24) is 4.98 Å². The number of aliphatic carboxylic acids is 1. The van der Waals surface area contributed by atoms with Crippen molar-refractivity contribution in [1.29, 1.82) is 0 Å². The predicted octanol–water partition coefficient (Wildman–Crippen LogP) is 7.73. The minimum atomic E-state index is -1.13. The van der Waals surface area contributed by atoms with Gasteiger partial charge in [0.15, 0.2) is 11.6 Å². The van der Waals surface area contributed by atoms with Crippen LogP contribution in [0, 0.1) is 11.2 Å². The largest absolute Gasteiger partial charge is 0.481 e. The number of rotatable bonds is 4. The van der Waals surface area contributed by atoms with Crippen LogP contribution in [0.5, 0.6) is 11.5 Å². The Morgan fingerprint density at radius 1 is 1.18 bits per heavy atom. The predicted molar refractivity (Wildman–Crippen MR) is 180 cm³/mol. The molecule has 1 aliphatic rings. The second-order valence-corrected chi connectivity index (χ2v) is 14.0. The molecule has 0 saturated heterocycles. The van der Waals surface area contributed by atoms with Crippen LogP contribution in [-0.2, 0) is 28.4 Å². The molecule has 2 atom stereocenters. The van der Waals surface area contributed by atoms with E-state index in [2.05, 4.69) is 18.8 Å². The van der Waals surface area contributed by atoms with Gasteiger partial charge in [0.1, 0.15) is 5.75 Å². The fourth-order valence-electron chi connectivity index (χ4n) is 5.87. The first-order valence-corrected chi connectivity index (χ1v) is 16.8. The van der Waals surface area contributed by atoms with Crippen LogP contribution in [0.15, 0.2) is 77.9 Å². The van der Waals surface area contributed by atoms with Gasteiger partial charge < -0.3 is 20.6 Å². The standard InChI is InChI=1S/C36H40FN3O4S/c1-36(2)16-5-10-32(26-8-3-6-24(20-26)11-12-34(41)42)39-18-14-31(38)25-7-4-9-27(21-25)44-35-29(15-19-45(43)23-36)28-13-17-40-33(28)22-30(35)37/h3-4,6-9,13-14,17-18,20-22,32,40H,5,10-12,15-16,19,23,38H2,1-2H3,(H,41,42). The van der Waals surface area contributed by atoms with E-state index in [1.807, 2.05) is 36.4 Å². The number of hydrogen-bond donors (Lipinski definition) is 3. The van der Waals surface area contributed by atoms with Crippen LogP contribution in [0.3, 0.4) is 0 Å². The van der Waals surface area contributed by atoms with Crippen LogP contribution in [0.4, 0.5) is 4.39 Å². The molecule has 9 heteroatoms. The molecule has 5 rings (SSSR count). The number of aromatic nitrogens is 1. The van der Waals surface area contributed by atoms with Crippen LogP contribution in [0.1, 0.15) is 67.8 Å². The number of aryl methyl sites for hydroxylation is 2. The number of aliphatic imine (C=N–C) groups is 1. The van der Waals surface area contributed by atoms with E-state index in [-0.39, 0.29) is 23.6 Å². The Morgan fingerprint density at radius 2 is 2.00 bits per heavy atom. The number of ether oxygens (including phenoxy) is 1. The molecule has 3 aromatic carbocycles. The zero-order valence-electron chi connectivity index (χ0n) is 25.7. The SMILES string of the molecule is CC1(C)CCCC(c2cccc(CCC(=O)O)c2)N=CC=C(N)c2cccc(c2)Oc2c(F)cc3[nH]ccc3c2CCS(=O)C1. The van der Waals surface area contributed by atoms with E-state index in [9.17, 15) is 9.00 Å². The molecule has 0 saturated carbocycles. The lowest BCUT2D eigenvalue weighted by atomic mass is 9.87. The Balaban J connectivity index is 1.50. The van der Waals surface area contributed by atoms with E-state index in [4.69, 9.17) is 20.6 Å². The van der Waals surface area contributed by atoms with Gasteiger partial charge in [-0.2, -0.15) is 0 Å². The topological polar surface area (TPSA) is 118 Å². The van der Waals surface area contributed by atoms with Gasteiger partial charge in [0.2, 0.25) is 0 Å². The third-order valence-electron chi connectivity index (χ3n) is 8.20. The number of carboxylic acid groups (broad SMARTS) is 1. The summed E-state index contributed by atoms with van der Waals surface area (Å²) in [4.78, 5) is 19.1. The number of nitrogens with zero attached hydrogens (tertiary/aromatic N) is 1. The summed E-state index contributed by atoms with van der Waals surface area (Å²) in [6.45, 7) is 4.27. The average molecular weight is 630 g/mol. The molecule has 1 aliphatic heterocycles. The Hall–Kier alpha value is -4.24. The molecule has 0 spiro atoms. The van der Waals surface area contributed by atoms with Gasteiger partial charge in [-0.3, -0.25) is 14.0 Å². The van der Waals surface area contributed by atoms with Crippen LogP contribution in [0.25, 0.3) is 16.6 Å². The fourth-order valence-corrected chi connectivity index (χ4v) is 7.46. The minimum absolute atomic E-state index is 0.0680. The molecule has 4 N–H and O–H groups in total. The van der Waals surface area contributed by atoms with Crippen molar-refractivity contribution in [2.45, 2.75) is 58.4 Å². The summed E-state index contributed by atoms with van der Waals surface area (Å²) in [6, 6.07) is 18.3. The highest BCUT2D eigenvalue weighted by Gasteiger charge is 2.24. The first-order chi connectivity index (χ1) is 21.6. The first-order valence-electron chi connectivity index (χ1n) is 15.3. The molecule has 0 radical (unpaired) electrons. The number of carboxylic acids is 1. The highest BCUT2D eigenvalue weighted by atomic mass is 32.2. The Kier molecular flexibility index (Phi) is 10.2. The van der Waals surface area contributed by atoms with E-state index in [0.717, 1.165) is 35.8 Å². The number of fused-ring (bicyclic) bond motifs is 5. The summed E-state index contributed by atoms with van der Waals surface area (Å²) in [5.74, 6) is 0.158. The Bertz CT molecular complexity index is 1760. The van der Waals surface area contributed by atoms with Crippen molar-refractivity contribution in [3.05, 3.63) is 101 Å². The molecule has 45 heavy (non-hydrogen) atoms. The molecule has 0 amide bonds. The van der Waals surface area contributed by atoms with Crippen LogP contribution in [0.2, 0.25) is 0 Å². The maximum absolute atomic E-state index is 15.5. The third-order valence-corrected chi connectivity index (χ3v) is 9.96. The maximum atomic E-state index is 15.5. The van der Waals surface area contributed by atoms with E-state index in [1.54, 1.807) is 36.7 Å². The van der Waals surface area contributed by atoms with E-state index < -0.39 is 22.6 Å². The van der Waals surface area contributed by atoms with Gasteiger partial charge in [-0.15, -0.1) is 0 Å². The molecule has 236 valence electrons. The third kappa shape index (κ3) is 8.48. The quantitative estimate of drug-likeness (QED) is 0.214. The highest BCUT2D eigenvalue weighted by Crippen LogP contribution is 2.36. The minimum Gasteiger partial charge on any atom is -0.481 e. The van der Waals surface area contributed by atoms with Crippen molar-refractivity contribution in [2.24, 2.45) is 16.1 Å². The number of benzene rings is 3. The smallest absolute Gasteiger partial charge is 0.303 e. The molecule has 7 nitrogen and oxygen atoms in total. The summed E-state index contributed by atoms with van der Waals surface area (Å²) < 4.78 is 35.0. The zero-order chi connectivity index (χ0) is 32.0. The van der Waals surface area contributed by atoms with Crippen LogP contribution < -0.4 is 10.5 Å². The van der Waals surface area contributed by atoms with Crippen molar-refractivity contribution >= 4 is 39.6 Å². The van der Waals surface area contributed by atoms with Gasteiger partial charge in [0.05, 0.1) is 6.04 Å². The maximum Gasteiger partial charge on any atom is 0.303 e. The number of nitrogens with one attached hydrogen (secondary N) is 1. The molecular weight excluding hydrogens is 589 g/mol. The lowest BCUT2D eigenvalue weighted by Gasteiger charge is -2.25. The number of aromatic amines is 1. The van der Waals surface area contributed by atoms with E-state index in [1.165, 1.54) is 6.07 Å². The van der Waals surface area contributed by atoms with Crippen LogP contribution in [-0.4, -0.2) is 38.0 Å². The lowest BCUT2D eigenvalue weighted by Crippen LogP contribution is -2.23. The molecule has 0 aliphatic carbocycles. The molecule has 2 unspecified atom stereocenters. The number of halogens is 1. The molecule has 2 heterocycles. The van der Waals surface area contributed by atoms with Crippen molar-refractivity contribution < 1.29 is 23.2 Å². The number of H-pyrrole nitrogens is 1. The molecular formula is C36H40FN3O4S. The van der Waals surface area contributed by atoms with Gasteiger partial charge >= 0.3 is 5.97 Å². The second-order valence-electron chi connectivity index (χ2n) is 12.4. The average Bonchev–Trinajstić information content (AvgIpc) is 3.46. The van der Waals surface area contributed by atoms with Gasteiger partial charge in [-0.1, -0.05) is 56.7 Å². The fraction of sp³-hybridized carbons (Fsp3) is 0.333. The van der Waals surface area contributed by atoms with E-state index in [0.29, 0.717) is 52.4 Å². The van der Waals surface area contributed by atoms with Gasteiger partial charge in [0.25, 0.3) is 0 Å². The second kappa shape index (κ2) is 14.2. The summed E-state index contributed by atoms with van der Waals surface area (Å²) in [5.41, 5.74) is 10.8. The Labute approximate surface area is 265 Å². The number of allylic oxidation sites excluding steroid dienone is 1. The summed E-state index contributed by atoms with van der Waals surface area (Å²) in [7, 11) is -1.13. The van der Waals surface area contributed by atoms with Crippen LogP contribution >= 0.6 is 0 Å². The van der Waals surface area contributed by atoms with Gasteiger partial charge in [-0.25, -0.2) is 4.39 Å². The first kappa shape index (κ1) is 32.2. The zero-order valence-corrected chi connectivity index (χ0v) is 26.5. The number of hydrogen-bond acceptors (Lipinski definition) is 5. The number of nitrogens with two attached hydrogens (primary N) is 1. The van der Waals surface area contributed by atoms with Gasteiger partial charge in [0, 0.05) is 74.9 Å². The molecule has 2 bridgehead atoms. The van der Waals surface area contributed by atoms with Crippen molar-refractivity contribution in [2.75, 3.05) is 11.5 Å². The Morgan fingerprint density at radius 3 is 2.82 bits per heavy atom. The van der Waals surface area contributed by atoms with Gasteiger partial charge in [-0.05, 0) is 66.5 Å². The summed E-state index contributed by atoms with van der Waals surface area (Å²) in [6.07, 6.45) is 8.63. The van der Waals surface area contributed by atoms with E-state index >= 15 is 4.39 Å². The molecule has 4 aromatic rings. The highest BCUT2D eigenvalue weighted by molar-refractivity contribution is 7.85. The summed E-state index contributed by atoms with van der Waals surface area (Å²) in [5, 5.41) is 9.99. The molecule has 0 fully saturated rings. The summed E-state index contributed by atoms with van der Waals surface area (Å²) >= 11 is 0.